The summed E-state index contributed by atoms with van der Waals surface area (Å²) in [5.74, 6) is 1.42. The summed E-state index contributed by atoms with van der Waals surface area (Å²) in [5, 5.41) is 7.49. The summed E-state index contributed by atoms with van der Waals surface area (Å²) in [6.07, 6.45) is 1.84. The number of nitrogens with zero attached hydrogens (tertiary/aromatic N) is 3. The normalized spacial score (nSPS) is 15.4. The maximum absolute atomic E-state index is 5.95. The first kappa shape index (κ1) is 18.5. The number of para-hydroxylation sites is 1. The van der Waals surface area contributed by atoms with Gasteiger partial charge in [-0.1, -0.05) is 29.8 Å². The van der Waals surface area contributed by atoms with E-state index < -0.39 is 0 Å². The van der Waals surface area contributed by atoms with E-state index in [9.17, 15) is 0 Å². The lowest BCUT2D eigenvalue weighted by atomic mass is 10.2. The van der Waals surface area contributed by atoms with Crippen molar-refractivity contribution in [2.75, 3.05) is 40.4 Å². The Hall–Kier alpha value is -2.24. The number of hydrogen-bond acceptors (Lipinski definition) is 5. The molecule has 0 saturated carbocycles. The van der Waals surface area contributed by atoms with Crippen molar-refractivity contribution in [1.82, 2.24) is 9.91 Å². The molecule has 0 aromatic heterocycles. The van der Waals surface area contributed by atoms with E-state index in [2.05, 4.69) is 27.1 Å². The summed E-state index contributed by atoms with van der Waals surface area (Å²) in [6.45, 7) is 4.70. The van der Waals surface area contributed by atoms with Gasteiger partial charge in [0.15, 0.2) is 11.5 Å². The topological polar surface area (TPSA) is 37.3 Å². The summed E-state index contributed by atoms with van der Waals surface area (Å²) < 4.78 is 10.8. The van der Waals surface area contributed by atoms with Gasteiger partial charge in [-0.25, -0.2) is 0 Å². The molecular weight excluding hydrogens is 350 g/mol. The van der Waals surface area contributed by atoms with Crippen LogP contribution in [0.3, 0.4) is 0 Å². The van der Waals surface area contributed by atoms with Crippen LogP contribution >= 0.6 is 11.6 Å². The molecule has 1 fully saturated rings. The van der Waals surface area contributed by atoms with Crippen molar-refractivity contribution in [3.8, 4) is 11.5 Å². The lowest BCUT2D eigenvalue weighted by Gasteiger charge is -2.33. The molecule has 1 aliphatic rings. The quantitative estimate of drug-likeness (QED) is 0.726. The third kappa shape index (κ3) is 4.68. The third-order valence-electron chi connectivity index (χ3n) is 4.46. The second-order valence-corrected chi connectivity index (χ2v) is 6.62. The Bertz CT molecular complexity index is 741. The van der Waals surface area contributed by atoms with Crippen molar-refractivity contribution < 1.29 is 9.47 Å². The molecule has 0 N–H and O–H groups in total. The number of ether oxygens (including phenoxy) is 2. The minimum absolute atomic E-state index is 0.708. The molecule has 138 valence electrons. The first-order valence-electron chi connectivity index (χ1n) is 8.66. The van der Waals surface area contributed by atoms with Crippen LogP contribution in [0.25, 0.3) is 0 Å². The van der Waals surface area contributed by atoms with Gasteiger partial charge >= 0.3 is 0 Å². The van der Waals surface area contributed by atoms with Gasteiger partial charge in [0.2, 0.25) is 0 Å². The van der Waals surface area contributed by atoms with Crippen LogP contribution in [-0.4, -0.2) is 56.5 Å². The Balaban J connectivity index is 1.55. The number of hydrogen-bond donors (Lipinski definition) is 0. The van der Waals surface area contributed by atoms with Gasteiger partial charge in [0.25, 0.3) is 0 Å². The van der Waals surface area contributed by atoms with Gasteiger partial charge in [-0.3, -0.25) is 9.91 Å². The molecule has 0 spiro atoms. The van der Waals surface area contributed by atoms with Crippen LogP contribution in [0.15, 0.2) is 47.6 Å². The van der Waals surface area contributed by atoms with Crippen molar-refractivity contribution in [1.29, 1.82) is 0 Å². The van der Waals surface area contributed by atoms with Gasteiger partial charge in [-0.05, 0) is 29.8 Å². The molecule has 1 aliphatic heterocycles. The highest BCUT2D eigenvalue weighted by atomic mass is 35.5. The van der Waals surface area contributed by atoms with Gasteiger partial charge in [-0.15, -0.1) is 0 Å². The van der Waals surface area contributed by atoms with Crippen LogP contribution in [0.4, 0.5) is 0 Å². The monoisotopic (exact) mass is 373 g/mol. The van der Waals surface area contributed by atoms with E-state index >= 15 is 0 Å². The number of hydrazone groups is 1. The van der Waals surface area contributed by atoms with Gasteiger partial charge < -0.3 is 9.47 Å². The first-order valence-corrected chi connectivity index (χ1v) is 9.04. The van der Waals surface area contributed by atoms with Crippen molar-refractivity contribution in [2.45, 2.75) is 6.54 Å². The SMILES string of the molecule is COc1cccc(/C=N\N2CCN(Cc3ccc(Cl)cc3)CC2)c1OC. The van der Waals surface area contributed by atoms with Crippen LogP contribution in [0.2, 0.25) is 5.02 Å². The van der Waals surface area contributed by atoms with Gasteiger partial charge in [0.05, 0.1) is 20.4 Å². The summed E-state index contributed by atoms with van der Waals surface area (Å²) in [6, 6.07) is 13.8. The molecule has 2 aromatic carbocycles. The molecule has 0 aliphatic carbocycles. The Morgan fingerprint density at radius 2 is 1.73 bits per heavy atom. The highest BCUT2D eigenvalue weighted by molar-refractivity contribution is 6.30. The number of benzene rings is 2. The van der Waals surface area contributed by atoms with Crippen LogP contribution in [0.1, 0.15) is 11.1 Å². The van der Waals surface area contributed by atoms with Crippen LogP contribution < -0.4 is 9.47 Å². The van der Waals surface area contributed by atoms with E-state index in [0.29, 0.717) is 11.5 Å². The van der Waals surface area contributed by atoms with E-state index in [1.165, 1.54) is 5.56 Å². The van der Waals surface area contributed by atoms with Crippen molar-refractivity contribution in [3.63, 3.8) is 0 Å². The second-order valence-electron chi connectivity index (χ2n) is 6.18. The largest absolute Gasteiger partial charge is 0.493 e. The van der Waals surface area contributed by atoms with E-state index in [0.717, 1.165) is 43.3 Å². The molecule has 2 aromatic rings. The molecule has 0 amide bonds. The lowest BCUT2D eigenvalue weighted by Crippen LogP contribution is -2.43. The van der Waals surface area contributed by atoms with E-state index in [-0.39, 0.29) is 0 Å². The summed E-state index contributed by atoms with van der Waals surface area (Å²) in [5.41, 5.74) is 2.20. The Morgan fingerprint density at radius 1 is 1.00 bits per heavy atom. The fraction of sp³-hybridized carbons (Fsp3) is 0.350. The molecule has 5 nitrogen and oxygen atoms in total. The number of halogens is 1. The first-order chi connectivity index (χ1) is 12.7. The van der Waals surface area contributed by atoms with Crippen LogP contribution in [0, 0.1) is 0 Å². The summed E-state index contributed by atoms with van der Waals surface area (Å²) in [7, 11) is 3.28. The standard InChI is InChI=1S/C20H24ClN3O2/c1-25-19-5-3-4-17(20(19)26-2)14-22-24-12-10-23(11-13-24)15-16-6-8-18(21)9-7-16/h3-9,14H,10-13,15H2,1-2H3/b22-14-. The molecule has 1 saturated heterocycles. The molecule has 6 heteroatoms. The average Bonchev–Trinajstić information content (AvgIpc) is 2.68. The summed E-state index contributed by atoms with van der Waals surface area (Å²) in [4.78, 5) is 2.43. The molecule has 0 atom stereocenters. The van der Waals surface area contributed by atoms with E-state index in [1.54, 1.807) is 14.2 Å². The second kappa shape index (κ2) is 8.92. The maximum Gasteiger partial charge on any atom is 0.169 e. The molecule has 0 bridgehead atoms. The van der Waals surface area contributed by atoms with E-state index in [4.69, 9.17) is 21.1 Å². The maximum atomic E-state index is 5.95. The molecule has 26 heavy (non-hydrogen) atoms. The summed E-state index contributed by atoms with van der Waals surface area (Å²) >= 11 is 5.95. The molecular formula is C20H24ClN3O2. The fourth-order valence-corrected chi connectivity index (χ4v) is 3.14. The zero-order chi connectivity index (χ0) is 18.4. The highest BCUT2D eigenvalue weighted by Crippen LogP contribution is 2.29. The smallest absolute Gasteiger partial charge is 0.169 e. The third-order valence-corrected chi connectivity index (χ3v) is 4.71. The van der Waals surface area contributed by atoms with Gasteiger partial charge in [-0.2, -0.15) is 5.10 Å². The van der Waals surface area contributed by atoms with Crippen LogP contribution in [-0.2, 0) is 6.54 Å². The van der Waals surface area contributed by atoms with Gasteiger partial charge in [0.1, 0.15) is 0 Å². The minimum Gasteiger partial charge on any atom is -0.493 e. The van der Waals surface area contributed by atoms with Crippen LogP contribution in [0.5, 0.6) is 11.5 Å². The zero-order valence-electron chi connectivity index (χ0n) is 15.2. The Labute approximate surface area is 159 Å². The minimum atomic E-state index is 0.708. The van der Waals surface area contributed by atoms with Gasteiger partial charge in [0, 0.05) is 43.3 Å². The highest BCUT2D eigenvalue weighted by Gasteiger charge is 2.16. The predicted molar refractivity (Wildman–Crippen MR) is 105 cm³/mol. The average molecular weight is 374 g/mol. The fourth-order valence-electron chi connectivity index (χ4n) is 3.02. The van der Waals surface area contributed by atoms with E-state index in [1.807, 2.05) is 36.5 Å². The Morgan fingerprint density at radius 3 is 2.38 bits per heavy atom. The number of rotatable bonds is 6. The van der Waals surface area contributed by atoms with Crippen molar-refractivity contribution in [2.24, 2.45) is 5.10 Å². The van der Waals surface area contributed by atoms with Crippen molar-refractivity contribution >= 4 is 17.8 Å². The Kier molecular flexibility index (Phi) is 6.36. The number of methoxy groups -OCH3 is 2. The molecule has 0 radical (unpaired) electrons. The molecule has 3 rings (SSSR count). The lowest BCUT2D eigenvalue weighted by molar-refractivity contribution is 0.131. The number of piperazine rings is 1. The predicted octanol–water partition coefficient (Wildman–Crippen LogP) is 3.51. The molecule has 0 unspecified atom stereocenters. The molecule has 1 heterocycles. The van der Waals surface area contributed by atoms with Crippen molar-refractivity contribution in [3.05, 3.63) is 58.6 Å². The zero-order valence-corrected chi connectivity index (χ0v) is 15.9.